The molecule has 2 aliphatic carbocycles. The van der Waals surface area contributed by atoms with E-state index in [1.54, 1.807) is 0 Å². The van der Waals surface area contributed by atoms with Crippen LogP contribution >= 0.6 is 0 Å². The highest BCUT2D eigenvalue weighted by atomic mass is 15.3. The Morgan fingerprint density at radius 2 is 1.71 bits per heavy atom. The van der Waals surface area contributed by atoms with Gasteiger partial charge in [-0.15, -0.1) is 10.2 Å². The maximum atomic E-state index is 6.18. The molecule has 1 aromatic heterocycles. The molecule has 1 aromatic carbocycles. The fraction of sp³-hybridized carbons (Fsp3) is 0.529. The Morgan fingerprint density at radius 1 is 0.952 bits per heavy atom. The van der Waals surface area contributed by atoms with Crippen LogP contribution in [0.1, 0.15) is 49.9 Å². The first-order valence-electron chi connectivity index (χ1n) is 8.09. The van der Waals surface area contributed by atoms with Gasteiger partial charge in [-0.25, -0.2) is 0 Å². The molecule has 2 atom stereocenters. The van der Waals surface area contributed by atoms with Gasteiger partial charge in [0.05, 0.1) is 0 Å². The minimum atomic E-state index is 0.584. The number of para-hydroxylation sites is 1. The molecule has 3 heterocycles. The van der Waals surface area contributed by atoms with Crippen molar-refractivity contribution in [3.05, 3.63) is 30.1 Å². The highest BCUT2D eigenvalue weighted by molar-refractivity contribution is 5.71. The van der Waals surface area contributed by atoms with Crippen LogP contribution in [0.25, 0.3) is 11.4 Å². The van der Waals surface area contributed by atoms with Crippen molar-refractivity contribution >= 4 is 5.69 Å². The number of anilines is 1. The van der Waals surface area contributed by atoms with E-state index in [-0.39, 0.29) is 0 Å². The summed E-state index contributed by atoms with van der Waals surface area (Å²) >= 11 is 0. The minimum Gasteiger partial charge on any atom is -0.398 e. The van der Waals surface area contributed by atoms with Gasteiger partial charge in [0.2, 0.25) is 0 Å². The number of nitrogen functional groups attached to an aromatic ring is 1. The van der Waals surface area contributed by atoms with Crippen LogP contribution < -0.4 is 5.73 Å². The number of aromatic nitrogens is 3. The Labute approximate surface area is 124 Å². The molecule has 0 spiro atoms. The van der Waals surface area contributed by atoms with Crippen LogP contribution in [0.2, 0.25) is 0 Å². The summed E-state index contributed by atoms with van der Waals surface area (Å²) in [4.78, 5) is 0. The Balaban J connectivity index is 1.71. The topological polar surface area (TPSA) is 56.7 Å². The molecule has 0 saturated heterocycles. The van der Waals surface area contributed by atoms with Gasteiger partial charge in [0.15, 0.2) is 5.82 Å². The molecule has 21 heavy (non-hydrogen) atoms. The van der Waals surface area contributed by atoms with Crippen LogP contribution in [0.15, 0.2) is 24.3 Å². The number of benzene rings is 1. The summed E-state index contributed by atoms with van der Waals surface area (Å²) in [5, 5.41) is 9.12. The Hall–Kier alpha value is -1.84. The van der Waals surface area contributed by atoms with Gasteiger partial charge in [0.1, 0.15) is 5.82 Å². The van der Waals surface area contributed by atoms with Gasteiger partial charge in [0.25, 0.3) is 0 Å². The van der Waals surface area contributed by atoms with Crippen molar-refractivity contribution in [1.29, 1.82) is 0 Å². The summed E-state index contributed by atoms with van der Waals surface area (Å²) in [7, 11) is 0. The number of hydrogen-bond acceptors (Lipinski definition) is 3. The SMILES string of the molecule is Nc1ccccc1-c1nnc2n1C1CC3CC(CC2C3)C1. The van der Waals surface area contributed by atoms with Gasteiger partial charge >= 0.3 is 0 Å². The lowest BCUT2D eigenvalue weighted by molar-refractivity contribution is 0.150. The molecule has 4 heteroatoms. The molecule has 2 fully saturated rings. The third kappa shape index (κ3) is 1.62. The Morgan fingerprint density at radius 3 is 2.48 bits per heavy atom. The second-order valence-corrected chi connectivity index (χ2v) is 7.10. The molecule has 2 aliphatic heterocycles. The lowest BCUT2D eigenvalue weighted by Gasteiger charge is -2.38. The van der Waals surface area contributed by atoms with Gasteiger partial charge in [-0.2, -0.15) is 0 Å². The molecule has 2 N–H and O–H groups in total. The van der Waals surface area contributed by atoms with Gasteiger partial charge in [-0.05, 0) is 56.1 Å². The summed E-state index contributed by atoms with van der Waals surface area (Å²) in [6.45, 7) is 0. The average molecular weight is 280 g/mol. The molecule has 0 amide bonds. The zero-order chi connectivity index (χ0) is 14.0. The first-order valence-corrected chi connectivity index (χ1v) is 8.09. The maximum absolute atomic E-state index is 6.18. The summed E-state index contributed by atoms with van der Waals surface area (Å²) in [6, 6.07) is 8.63. The number of hydrogen-bond donors (Lipinski definition) is 1. The highest BCUT2D eigenvalue weighted by Crippen LogP contribution is 2.54. The summed E-state index contributed by atoms with van der Waals surface area (Å²) in [5.74, 6) is 4.63. The fourth-order valence-corrected chi connectivity index (χ4v) is 5.06. The minimum absolute atomic E-state index is 0.584. The van der Waals surface area contributed by atoms with E-state index in [4.69, 9.17) is 5.73 Å². The van der Waals surface area contributed by atoms with E-state index >= 15 is 0 Å². The van der Waals surface area contributed by atoms with Crippen LogP contribution in [0.4, 0.5) is 5.69 Å². The van der Waals surface area contributed by atoms with Gasteiger partial charge in [-0.1, -0.05) is 12.1 Å². The molecule has 6 rings (SSSR count). The smallest absolute Gasteiger partial charge is 0.166 e. The van der Waals surface area contributed by atoms with Crippen LogP contribution in [0.5, 0.6) is 0 Å². The second-order valence-electron chi connectivity index (χ2n) is 7.10. The van der Waals surface area contributed by atoms with Crippen molar-refractivity contribution in [3.63, 3.8) is 0 Å². The van der Waals surface area contributed by atoms with Crippen molar-refractivity contribution in [2.75, 3.05) is 5.73 Å². The molecular weight excluding hydrogens is 260 g/mol. The molecule has 2 unspecified atom stereocenters. The zero-order valence-corrected chi connectivity index (χ0v) is 12.1. The standard InChI is InChI=1S/C17H20N4/c18-15-4-2-1-3-14(15)17-20-19-16-12-6-10-5-11(7-12)9-13(8-10)21(16)17/h1-4,10-13H,5-9,18H2. The predicted octanol–water partition coefficient (Wildman–Crippen LogP) is 3.38. The van der Waals surface area contributed by atoms with Crippen LogP contribution in [-0.4, -0.2) is 14.8 Å². The lowest BCUT2D eigenvalue weighted by atomic mass is 9.68. The molecular formula is C17H20N4. The summed E-state index contributed by atoms with van der Waals surface area (Å²) in [6.07, 6.45) is 6.68. The third-order valence-corrected chi connectivity index (χ3v) is 5.77. The molecule has 4 bridgehead atoms. The monoisotopic (exact) mass is 280 g/mol. The van der Waals surface area contributed by atoms with E-state index in [2.05, 4.69) is 20.8 Å². The van der Waals surface area contributed by atoms with Gasteiger partial charge < -0.3 is 10.3 Å². The fourth-order valence-electron chi connectivity index (χ4n) is 5.06. The first-order chi connectivity index (χ1) is 10.3. The molecule has 4 nitrogen and oxygen atoms in total. The predicted molar refractivity (Wildman–Crippen MR) is 81.7 cm³/mol. The van der Waals surface area contributed by atoms with Crippen molar-refractivity contribution < 1.29 is 0 Å². The van der Waals surface area contributed by atoms with E-state index in [0.29, 0.717) is 12.0 Å². The molecule has 0 radical (unpaired) electrons. The molecule has 108 valence electrons. The van der Waals surface area contributed by atoms with E-state index in [9.17, 15) is 0 Å². The molecule has 2 aromatic rings. The molecule has 4 aliphatic rings. The summed E-state index contributed by atoms with van der Waals surface area (Å²) in [5.41, 5.74) is 8.02. The van der Waals surface area contributed by atoms with Crippen LogP contribution in [0, 0.1) is 11.8 Å². The van der Waals surface area contributed by atoms with Gasteiger partial charge in [-0.3, -0.25) is 0 Å². The van der Waals surface area contributed by atoms with Crippen LogP contribution in [-0.2, 0) is 0 Å². The van der Waals surface area contributed by atoms with Crippen LogP contribution in [0.3, 0.4) is 0 Å². The number of rotatable bonds is 1. The van der Waals surface area contributed by atoms with E-state index in [1.807, 2.05) is 18.2 Å². The Bertz CT molecular complexity index is 691. The number of nitrogens with zero attached hydrogens (tertiary/aromatic N) is 3. The zero-order valence-electron chi connectivity index (χ0n) is 12.1. The third-order valence-electron chi connectivity index (χ3n) is 5.77. The average Bonchev–Trinajstić information content (AvgIpc) is 2.84. The normalized spacial score (nSPS) is 33.0. The second kappa shape index (κ2) is 4.09. The largest absolute Gasteiger partial charge is 0.398 e. The van der Waals surface area contributed by atoms with Crippen molar-refractivity contribution in [1.82, 2.24) is 14.8 Å². The number of nitrogens with two attached hydrogens (primary N) is 1. The quantitative estimate of drug-likeness (QED) is 0.815. The van der Waals surface area contributed by atoms with E-state index in [0.717, 1.165) is 28.9 Å². The van der Waals surface area contributed by atoms with Gasteiger partial charge in [0, 0.05) is 23.2 Å². The van der Waals surface area contributed by atoms with Crippen molar-refractivity contribution in [3.8, 4) is 11.4 Å². The van der Waals surface area contributed by atoms with Crippen molar-refractivity contribution in [2.45, 2.75) is 44.1 Å². The lowest BCUT2D eigenvalue weighted by Crippen LogP contribution is -2.27. The molecule has 2 saturated carbocycles. The highest BCUT2D eigenvalue weighted by Gasteiger charge is 2.44. The van der Waals surface area contributed by atoms with E-state index in [1.165, 1.54) is 37.9 Å². The van der Waals surface area contributed by atoms with Crippen molar-refractivity contribution in [2.24, 2.45) is 11.8 Å². The first kappa shape index (κ1) is 11.8. The Kier molecular flexibility index (Phi) is 2.29. The van der Waals surface area contributed by atoms with E-state index < -0.39 is 0 Å². The maximum Gasteiger partial charge on any atom is 0.166 e. The summed E-state index contributed by atoms with van der Waals surface area (Å²) < 4.78 is 2.44.